The fourth-order valence-corrected chi connectivity index (χ4v) is 1.38. The van der Waals surface area contributed by atoms with Gasteiger partial charge in [-0.05, 0) is 24.1 Å². The van der Waals surface area contributed by atoms with Crippen LogP contribution in [0.2, 0.25) is 0 Å². The number of carboxylic acids is 1. The molecule has 0 bridgehead atoms. The fourth-order valence-electron chi connectivity index (χ4n) is 1.14. The number of phenols is 1. The predicted molar refractivity (Wildman–Crippen MR) is 53.6 cm³/mol. The predicted octanol–water partition coefficient (Wildman–Crippen LogP) is 2.54. The Balaban J connectivity index is 2.60. The van der Waals surface area contributed by atoms with Crippen molar-refractivity contribution in [3.05, 3.63) is 29.8 Å². The lowest BCUT2D eigenvalue weighted by atomic mass is 10.1. The quantitative estimate of drug-likeness (QED) is 0.758. The van der Waals surface area contributed by atoms with Gasteiger partial charge in [-0.1, -0.05) is 12.1 Å². The number of alkyl halides is 1. The molecule has 0 aromatic heterocycles. The highest BCUT2D eigenvalue weighted by Crippen LogP contribution is 2.27. The third-order valence-corrected chi connectivity index (χ3v) is 2.31. The minimum absolute atomic E-state index is 0.0316. The van der Waals surface area contributed by atoms with E-state index in [0.29, 0.717) is 6.42 Å². The maximum atomic E-state index is 10.3. The SMILES string of the molecule is O=C(O)CCC(Cl)c1cccc(O)c1. The number of hydrogen-bond acceptors (Lipinski definition) is 2. The summed E-state index contributed by atoms with van der Waals surface area (Å²) in [5.74, 6) is -0.723. The van der Waals surface area contributed by atoms with Crippen molar-refractivity contribution >= 4 is 17.6 Å². The normalized spacial score (nSPS) is 12.4. The van der Waals surface area contributed by atoms with E-state index < -0.39 is 5.97 Å². The van der Waals surface area contributed by atoms with E-state index in [-0.39, 0.29) is 17.5 Å². The monoisotopic (exact) mass is 214 g/mol. The molecule has 1 rings (SSSR count). The molecule has 0 aliphatic carbocycles. The van der Waals surface area contributed by atoms with Crippen LogP contribution in [-0.2, 0) is 4.79 Å². The third kappa shape index (κ3) is 3.26. The lowest BCUT2D eigenvalue weighted by molar-refractivity contribution is -0.137. The summed E-state index contributed by atoms with van der Waals surface area (Å²) in [7, 11) is 0. The van der Waals surface area contributed by atoms with E-state index in [0.717, 1.165) is 5.56 Å². The number of phenolic OH excluding ortho intramolecular Hbond substituents is 1. The van der Waals surface area contributed by atoms with Gasteiger partial charge in [0.25, 0.3) is 0 Å². The average Bonchev–Trinajstić information content (AvgIpc) is 2.14. The number of aliphatic carboxylic acids is 1. The summed E-state index contributed by atoms with van der Waals surface area (Å²) in [5, 5.41) is 17.3. The van der Waals surface area contributed by atoms with E-state index >= 15 is 0 Å². The first-order chi connectivity index (χ1) is 6.59. The lowest BCUT2D eigenvalue weighted by Gasteiger charge is -2.08. The second kappa shape index (κ2) is 4.86. The second-order valence-corrected chi connectivity index (χ2v) is 3.52. The van der Waals surface area contributed by atoms with Gasteiger partial charge in [-0.25, -0.2) is 0 Å². The molecule has 0 saturated carbocycles. The average molecular weight is 215 g/mol. The van der Waals surface area contributed by atoms with Gasteiger partial charge in [0.1, 0.15) is 5.75 Å². The van der Waals surface area contributed by atoms with Crippen LogP contribution in [0.1, 0.15) is 23.8 Å². The topological polar surface area (TPSA) is 57.5 Å². The molecule has 1 aromatic rings. The molecule has 0 radical (unpaired) electrons. The van der Waals surface area contributed by atoms with Crippen LogP contribution in [0.3, 0.4) is 0 Å². The van der Waals surface area contributed by atoms with Crippen LogP contribution in [0.15, 0.2) is 24.3 Å². The van der Waals surface area contributed by atoms with Crippen LogP contribution in [-0.4, -0.2) is 16.2 Å². The van der Waals surface area contributed by atoms with E-state index in [9.17, 15) is 4.79 Å². The van der Waals surface area contributed by atoms with Crippen LogP contribution in [0.4, 0.5) is 0 Å². The number of carbonyl (C=O) groups is 1. The Morgan fingerprint density at radius 2 is 2.21 bits per heavy atom. The van der Waals surface area contributed by atoms with Crippen LogP contribution in [0, 0.1) is 0 Å². The molecule has 1 aromatic carbocycles. The smallest absolute Gasteiger partial charge is 0.303 e. The third-order valence-electron chi connectivity index (χ3n) is 1.84. The van der Waals surface area contributed by atoms with Crippen LogP contribution in [0.5, 0.6) is 5.75 Å². The molecule has 2 N–H and O–H groups in total. The van der Waals surface area contributed by atoms with Crippen molar-refractivity contribution < 1.29 is 15.0 Å². The maximum Gasteiger partial charge on any atom is 0.303 e. The Kier molecular flexibility index (Phi) is 3.77. The molecule has 0 aliphatic heterocycles. The second-order valence-electron chi connectivity index (χ2n) is 2.99. The van der Waals surface area contributed by atoms with Crippen molar-refractivity contribution in [1.29, 1.82) is 0 Å². The number of halogens is 1. The summed E-state index contributed by atoms with van der Waals surface area (Å²) < 4.78 is 0. The van der Waals surface area contributed by atoms with Gasteiger partial charge in [-0.3, -0.25) is 4.79 Å². The number of carboxylic acid groups (broad SMARTS) is 1. The lowest BCUT2D eigenvalue weighted by Crippen LogP contribution is -1.98. The fraction of sp³-hybridized carbons (Fsp3) is 0.300. The molecule has 0 saturated heterocycles. The van der Waals surface area contributed by atoms with E-state index in [2.05, 4.69) is 0 Å². The van der Waals surface area contributed by atoms with Gasteiger partial charge in [0.05, 0.1) is 5.38 Å². The molecule has 0 heterocycles. The standard InChI is InChI=1S/C10H11ClO3/c11-9(4-5-10(13)14)7-2-1-3-8(12)6-7/h1-3,6,9,12H,4-5H2,(H,13,14). The minimum atomic E-state index is -0.865. The molecule has 3 nitrogen and oxygen atoms in total. The molecule has 0 aliphatic rings. The maximum absolute atomic E-state index is 10.3. The van der Waals surface area contributed by atoms with Crippen molar-refractivity contribution in [2.45, 2.75) is 18.2 Å². The van der Waals surface area contributed by atoms with E-state index in [1.54, 1.807) is 24.3 Å². The summed E-state index contributed by atoms with van der Waals surface area (Å²) >= 11 is 5.95. The van der Waals surface area contributed by atoms with Gasteiger partial charge in [0.15, 0.2) is 0 Å². The van der Waals surface area contributed by atoms with Crippen molar-refractivity contribution in [2.24, 2.45) is 0 Å². The molecule has 76 valence electrons. The number of rotatable bonds is 4. The summed E-state index contributed by atoms with van der Waals surface area (Å²) in [4.78, 5) is 10.3. The summed E-state index contributed by atoms with van der Waals surface area (Å²) in [6.45, 7) is 0. The Hall–Kier alpha value is -1.22. The molecule has 4 heteroatoms. The minimum Gasteiger partial charge on any atom is -0.508 e. The van der Waals surface area contributed by atoms with Gasteiger partial charge in [-0.15, -0.1) is 11.6 Å². The molecule has 1 atom stereocenters. The van der Waals surface area contributed by atoms with E-state index in [4.69, 9.17) is 21.8 Å². The highest BCUT2D eigenvalue weighted by molar-refractivity contribution is 6.20. The van der Waals surface area contributed by atoms with E-state index in [1.165, 1.54) is 0 Å². The molecular formula is C10H11ClO3. The molecule has 14 heavy (non-hydrogen) atoms. The summed E-state index contributed by atoms with van der Waals surface area (Å²) in [6, 6.07) is 6.53. The number of aromatic hydroxyl groups is 1. The zero-order valence-corrected chi connectivity index (χ0v) is 8.24. The summed E-state index contributed by atoms with van der Waals surface area (Å²) in [6.07, 6.45) is 0.393. The van der Waals surface area contributed by atoms with Crippen molar-refractivity contribution in [3.63, 3.8) is 0 Å². The zero-order valence-electron chi connectivity index (χ0n) is 7.48. The first-order valence-corrected chi connectivity index (χ1v) is 4.68. The molecule has 0 fully saturated rings. The van der Waals surface area contributed by atoms with Crippen molar-refractivity contribution in [2.75, 3.05) is 0 Å². The highest BCUT2D eigenvalue weighted by Gasteiger charge is 2.10. The molecule has 0 spiro atoms. The first-order valence-electron chi connectivity index (χ1n) is 4.24. The van der Waals surface area contributed by atoms with Gasteiger partial charge in [0, 0.05) is 6.42 Å². The Morgan fingerprint density at radius 1 is 1.50 bits per heavy atom. The van der Waals surface area contributed by atoms with Crippen molar-refractivity contribution in [3.8, 4) is 5.75 Å². The first kappa shape index (κ1) is 10.9. The van der Waals surface area contributed by atoms with Gasteiger partial charge < -0.3 is 10.2 Å². The largest absolute Gasteiger partial charge is 0.508 e. The summed E-state index contributed by atoms with van der Waals surface area (Å²) in [5.41, 5.74) is 0.743. The zero-order chi connectivity index (χ0) is 10.6. The molecule has 1 unspecified atom stereocenters. The van der Waals surface area contributed by atoms with Gasteiger partial charge in [-0.2, -0.15) is 0 Å². The van der Waals surface area contributed by atoms with Crippen LogP contribution in [0.25, 0.3) is 0 Å². The van der Waals surface area contributed by atoms with E-state index in [1.807, 2.05) is 0 Å². The van der Waals surface area contributed by atoms with Crippen LogP contribution < -0.4 is 0 Å². The molecule has 0 amide bonds. The molecular weight excluding hydrogens is 204 g/mol. The Bertz CT molecular complexity index is 325. The van der Waals surface area contributed by atoms with Crippen molar-refractivity contribution in [1.82, 2.24) is 0 Å². The number of benzene rings is 1. The van der Waals surface area contributed by atoms with Crippen LogP contribution >= 0.6 is 11.6 Å². The Morgan fingerprint density at radius 3 is 2.79 bits per heavy atom. The highest BCUT2D eigenvalue weighted by atomic mass is 35.5. The van der Waals surface area contributed by atoms with Gasteiger partial charge >= 0.3 is 5.97 Å². The number of hydrogen-bond donors (Lipinski definition) is 2. The van der Waals surface area contributed by atoms with Gasteiger partial charge in [0.2, 0.25) is 0 Å². The Labute approximate surface area is 86.9 Å².